The molecule has 2 rings (SSSR count). The van der Waals surface area contributed by atoms with Gasteiger partial charge in [0.1, 0.15) is 12.2 Å². The molecule has 1 atom stereocenters. The van der Waals surface area contributed by atoms with Crippen LogP contribution in [-0.2, 0) is 4.74 Å². The Balaban J connectivity index is 1.98. The smallest absolute Gasteiger partial charge is 0.410 e. The van der Waals surface area contributed by atoms with Crippen molar-refractivity contribution >= 4 is 6.09 Å². The van der Waals surface area contributed by atoms with Crippen molar-refractivity contribution in [3.63, 3.8) is 0 Å². The van der Waals surface area contributed by atoms with Gasteiger partial charge in [0, 0.05) is 18.9 Å². The Morgan fingerprint density at radius 3 is 2.73 bits per heavy atom. The molecule has 0 radical (unpaired) electrons. The van der Waals surface area contributed by atoms with Gasteiger partial charge in [-0.1, -0.05) is 0 Å². The predicted octanol–water partition coefficient (Wildman–Crippen LogP) is 2.95. The number of piperidine rings is 1. The van der Waals surface area contributed by atoms with Crippen LogP contribution in [0, 0.1) is 6.92 Å². The van der Waals surface area contributed by atoms with E-state index in [9.17, 15) is 4.79 Å². The minimum Gasteiger partial charge on any atom is -0.474 e. The van der Waals surface area contributed by atoms with Gasteiger partial charge in [-0.05, 0) is 47.0 Å². The van der Waals surface area contributed by atoms with Crippen molar-refractivity contribution in [2.75, 3.05) is 13.2 Å². The summed E-state index contributed by atoms with van der Waals surface area (Å²) in [6.07, 6.45) is 5.98. The number of carbonyl (C=O) groups is 1. The fourth-order valence-electron chi connectivity index (χ4n) is 2.45. The number of aromatic nitrogens is 2. The molecule has 0 bridgehead atoms. The molecule has 0 spiro atoms. The molecule has 6 heteroatoms. The highest BCUT2D eigenvalue weighted by atomic mass is 16.6. The van der Waals surface area contributed by atoms with Gasteiger partial charge >= 0.3 is 6.09 Å². The maximum Gasteiger partial charge on any atom is 0.410 e. The Morgan fingerprint density at radius 2 is 2.05 bits per heavy atom. The predicted molar refractivity (Wildman–Crippen MR) is 82.8 cm³/mol. The highest BCUT2D eigenvalue weighted by molar-refractivity contribution is 5.68. The van der Waals surface area contributed by atoms with E-state index in [4.69, 9.17) is 9.47 Å². The third kappa shape index (κ3) is 4.58. The molecule has 1 fully saturated rings. The lowest BCUT2D eigenvalue weighted by Crippen LogP contribution is -2.48. The number of hydrogen-bond acceptors (Lipinski definition) is 5. The first-order chi connectivity index (χ1) is 10.4. The van der Waals surface area contributed by atoms with Gasteiger partial charge in [0.2, 0.25) is 5.88 Å². The van der Waals surface area contributed by atoms with Crippen LogP contribution in [0.3, 0.4) is 0 Å². The molecule has 1 aliphatic heterocycles. The van der Waals surface area contributed by atoms with Gasteiger partial charge in [-0.15, -0.1) is 0 Å². The van der Waals surface area contributed by atoms with E-state index in [1.165, 1.54) is 0 Å². The molecule has 1 aromatic rings. The highest BCUT2D eigenvalue weighted by Gasteiger charge is 2.31. The van der Waals surface area contributed by atoms with E-state index in [0.29, 0.717) is 19.0 Å². The van der Waals surface area contributed by atoms with Crippen LogP contribution in [0.4, 0.5) is 4.79 Å². The number of nitrogens with zero attached hydrogens (tertiary/aromatic N) is 3. The van der Waals surface area contributed by atoms with Crippen LogP contribution in [0.2, 0.25) is 0 Å². The lowest BCUT2D eigenvalue weighted by atomic mass is 10.0. The molecule has 6 nitrogen and oxygen atoms in total. The molecule has 1 aromatic heterocycles. The summed E-state index contributed by atoms with van der Waals surface area (Å²) in [6, 6.07) is 0.0185. The van der Waals surface area contributed by atoms with Crippen molar-refractivity contribution in [3.8, 4) is 5.88 Å². The summed E-state index contributed by atoms with van der Waals surface area (Å²) in [5.74, 6) is 0.525. The molecule has 1 amide bonds. The normalized spacial score (nSPS) is 18.9. The maximum absolute atomic E-state index is 12.3. The van der Waals surface area contributed by atoms with Crippen LogP contribution in [0.15, 0.2) is 12.4 Å². The standard InChI is InChI=1S/C16H25N3O3/c1-12-14(18-9-8-17-12)21-11-13-7-5-6-10-19(13)15(20)22-16(2,3)4/h8-9,13H,5-7,10-11H2,1-4H3/t13-/m1/s1. The summed E-state index contributed by atoms with van der Waals surface area (Å²) >= 11 is 0. The zero-order valence-corrected chi connectivity index (χ0v) is 13.8. The summed E-state index contributed by atoms with van der Waals surface area (Å²) in [7, 11) is 0. The van der Waals surface area contributed by atoms with E-state index in [-0.39, 0.29) is 12.1 Å². The van der Waals surface area contributed by atoms with Crippen molar-refractivity contribution in [3.05, 3.63) is 18.1 Å². The molecule has 0 saturated carbocycles. The molecule has 122 valence electrons. The second-order valence-corrected chi connectivity index (χ2v) is 6.58. The molecule has 0 unspecified atom stereocenters. The molecule has 2 heterocycles. The van der Waals surface area contributed by atoms with Crippen LogP contribution in [0.1, 0.15) is 45.7 Å². The lowest BCUT2D eigenvalue weighted by molar-refractivity contribution is 0.00330. The first kappa shape index (κ1) is 16.5. The summed E-state index contributed by atoms with van der Waals surface area (Å²) in [5.41, 5.74) is 0.267. The number of hydrogen-bond donors (Lipinski definition) is 0. The van der Waals surface area contributed by atoms with Crippen LogP contribution in [-0.4, -0.2) is 45.8 Å². The summed E-state index contributed by atoms with van der Waals surface area (Å²) in [4.78, 5) is 22.4. The van der Waals surface area contributed by atoms with Gasteiger partial charge in [-0.2, -0.15) is 0 Å². The molecule has 0 aromatic carbocycles. The highest BCUT2D eigenvalue weighted by Crippen LogP contribution is 2.21. The van der Waals surface area contributed by atoms with E-state index >= 15 is 0 Å². The summed E-state index contributed by atoms with van der Waals surface area (Å²) < 4.78 is 11.3. The largest absolute Gasteiger partial charge is 0.474 e. The molecular formula is C16H25N3O3. The minimum atomic E-state index is -0.485. The second-order valence-electron chi connectivity index (χ2n) is 6.58. The van der Waals surface area contributed by atoms with Crippen molar-refractivity contribution in [1.82, 2.24) is 14.9 Å². The third-order valence-electron chi connectivity index (χ3n) is 3.50. The Hall–Kier alpha value is -1.85. The number of aryl methyl sites for hydroxylation is 1. The van der Waals surface area contributed by atoms with Gasteiger partial charge in [0.05, 0.1) is 11.7 Å². The van der Waals surface area contributed by atoms with Crippen molar-refractivity contribution < 1.29 is 14.3 Å². The van der Waals surface area contributed by atoms with Crippen LogP contribution in [0.25, 0.3) is 0 Å². The Bertz CT molecular complexity index is 514. The Labute approximate surface area is 131 Å². The number of ether oxygens (including phenoxy) is 2. The molecule has 0 aliphatic carbocycles. The molecule has 0 N–H and O–H groups in total. The second kappa shape index (κ2) is 6.94. The maximum atomic E-state index is 12.3. The number of likely N-dealkylation sites (tertiary alicyclic amines) is 1. The number of carbonyl (C=O) groups excluding carboxylic acids is 1. The van der Waals surface area contributed by atoms with Crippen LogP contribution < -0.4 is 4.74 Å². The topological polar surface area (TPSA) is 64.6 Å². The van der Waals surface area contributed by atoms with Crippen molar-refractivity contribution in [2.45, 2.75) is 58.6 Å². The Morgan fingerprint density at radius 1 is 1.32 bits per heavy atom. The fraction of sp³-hybridized carbons (Fsp3) is 0.688. The summed E-state index contributed by atoms with van der Waals surface area (Å²) in [5, 5.41) is 0. The average Bonchev–Trinajstić information content (AvgIpc) is 2.45. The van der Waals surface area contributed by atoms with Gasteiger partial charge in [-0.3, -0.25) is 4.98 Å². The number of amides is 1. The quantitative estimate of drug-likeness (QED) is 0.859. The van der Waals surface area contributed by atoms with E-state index in [1.54, 1.807) is 17.3 Å². The first-order valence-corrected chi connectivity index (χ1v) is 7.77. The lowest BCUT2D eigenvalue weighted by Gasteiger charge is -2.36. The summed E-state index contributed by atoms with van der Waals surface area (Å²) in [6.45, 7) is 8.62. The van der Waals surface area contributed by atoms with E-state index in [2.05, 4.69) is 9.97 Å². The SMILES string of the molecule is Cc1nccnc1OC[C@H]1CCCCN1C(=O)OC(C)(C)C. The van der Waals surface area contributed by atoms with Gasteiger partial charge < -0.3 is 14.4 Å². The van der Waals surface area contributed by atoms with Crippen molar-refractivity contribution in [1.29, 1.82) is 0 Å². The van der Waals surface area contributed by atoms with E-state index < -0.39 is 5.60 Å². The van der Waals surface area contributed by atoms with E-state index in [1.807, 2.05) is 27.7 Å². The average molecular weight is 307 g/mol. The molecule has 1 aliphatic rings. The van der Waals surface area contributed by atoms with Gasteiger partial charge in [-0.25, -0.2) is 9.78 Å². The van der Waals surface area contributed by atoms with Crippen LogP contribution in [0.5, 0.6) is 5.88 Å². The fourth-order valence-corrected chi connectivity index (χ4v) is 2.45. The molecular weight excluding hydrogens is 282 g/mol. The molecule has 1 saturated heterocycles. The van der Waals surface area contributed by atoms with Gasteiger partial charge in [0.25, 0.3) is 0 Å². The number of rotatable bonds is 3. The van der Waals surface area contributed by atoms with Gasteiger partial charge in [0.15, 0.2) is 0 Å². The molecule has 22 heavy (non-hydrogen) atoms. The van der Waals surface area contributed by atoms with Crippen molar-refractivity contribution in [2.24, 2.45) is 0 Å². The third-order valence-corrected chi connectivity index (χ3v) is 3.50. The van der Waals surface area contributed by atoms with E-state index in [0.717, 1.165) is 25.0 Å². The monoisotopic (exact) mass is 307 g/mol. The zero-order chi connectivity index (χ0) is 16.2. The Kier molecular flexibility index (Phi) is 5.21. The van der Waals surface area contributed by atoms with Crippen LogP contribution >= 0.6 is 0 Å². The first-order valence-electron chi connectivity index (χ1n) is 7.77. The minimum absolute atomic E-state index is 0.0185. The zero-order valence-electron chi connectivity index (χ0n) is 13.8.